The van der Waals surface area contributed by atoms with Gasteiger partial charge in [-0.1, -0.05) is 18.2 Å². The van der Waals surface area contributed by atoms with Gasteiger partial charge in [0.25, 0.3) is 0 Å². The van der Waals surface area contributed by atoms with Crippen LogP contribution in [-0.2, 0) is 22.1 Å². The van der Waals surface area contributed by atoms with Gasteiger partial charge in [0.15, 0.2) is 12.2 Å². The number of ether oxygens (including phenoxy) is 1. The predicted molar refractivity (Wildman–Crippen MR) is 131 cm³/mol. The Balaban J connectivity index is 1.59. The fourth-order valence-corrected chi connectivity index (χ4v) is 4.64. The van der Waals surface area contributed by atoms with Gasteiger partial charge in [-0.2, -0.15) is 5.10 Å². The lowest BCUT2D eigenvalue weighted by molar-refractivity contribution is 0.417. The van der Waals surface area contributed by atoms with Crippen LogP contribution in [0.5, 0.6) is 11.6 Å². The minimum Gasteiger partial charge on any atom is -0.444 e. The number of hydrogen-bond donors (Lipinski definition) is 1. The summed E-state index contributed by atoms with van der Waals surface area (Å²) in [6, 6.07) is 17.2. The molecule has 4 aromatic rings. The molecule has 9 heteroatoms. The molecule has 178 valence electrons. The van der Waals surface area contributed by atoms with Gasteiger partial charge in [-0.05, 0) is 63.6 Å². The highest BCUT2D eigenvalue weighted by Crippen LogP contribution is 2.31. The van der Waals surface area contributed by atoms with Crippen LogP contribution in [-0.4, -0.2) is 28.9 Å². The molecule has 0 bridgehead atoms. The topological polar surface area (TPSA) is 99.2 Å². The van der Waals surface area contributed by atoms with Crippen LogP contribution in [0.1, 0.15) is 33.3 Å². The van der Waals surface area contributed by atoms with Crippen molar-refractivity contribution in [2.75, 3.05) is 5.75 Å². The molecule has 0 amide bonds. The molecule has 0 aliphatic rings. The van der Waals surface area contributed by atoms with E-state index in [9.17, 15) is 8.42 Å². The molecule has 0 fully saturated rings. The van der Waals surface area contributed by atoms with Crippen LogP contribution in [0.3, 0.4) is 0 Å². The molecule has 4 rings (SSSR count). The zero-order valence-electron chi connectivity index (χ0n) is 19.6. The number of aromatic nitrogens is 3. The highest BCUT2D eigenvalue weighted by Gasteiger charge is 2.26. The van der Waals surface area contributed by atoms with E-state index in [4.69, 9.17) is 14.3 Å². The van der Waals surface area contributed by atoms with Gasteiger partial charge in [-0.25, -0.2) is 22.8 Å². The quantitative estimate of drug-likeness (QED) is 0.354. The van der Waals surface area contributed by atoms with Gasteiger partial charge in [0.05, 0.1) is 23.2 Å². The first-order valence-corrected chi connectivity index (χ1v) is 12.7. The molecule has 2 heterocycles. The maximum atomic E-state index is 12.1. The van der Waals surface area contributed by atoms with E-state index in [1.807, 2.05) is 75.4 Å². The largest absolute Gasteiger partial charge is 0.444 e. The average Bonchev–Trinajstić information content (AvgIpc) is 3.49. The van der Waals surface area contributed by atoms with Gasteiger partial charge < -0.3 is 9.15 Å². The van der Waals surface area contributed by atoms with Crippen LogP contribution >= 0.6 is 0 Å². The predicted octanol–water partition coefficient (Wildman–Crippen LogP) is 5.19. The van der Waals surface area contributed by atoms with Crippen molar-refractivity contribution < 1.29 is 17.6 Å². The molecule has 0 saturated heterocycles. The highest BCUT2D eigenvalue weighted by molar-refractivity contribution is 7.89. The molecule has 0 saturated carbocycles. The van der Waals surface area contributed by atoms with Crippen molar-refractivity contribution in [1.29, 1.82) is 0 Å². The number of oxazole rings is 1. The third kappa shape index (κ3) is 5.21. The van der Waals surface area contributed by atoms with Crippen LogP contribution in [0.4, 0.5) is 0 Å². The van der Waals surface area contributed by atoms with Crippen LogP contribution in [0.15, 0.2) is 71.6 Å². The zero-order chi connectivity index (χ0) is 24.3. The number of hydrogen-bond acceptors (Lipinski definition) is 6. The van der Waals surface area contributed by atoms with Crippen LogP contribution < -0.4 is 9.46 Å². The van der Waals surface area contributed by atoms with Crippen molar-refractivity contribution in [3.63, 3.8) is 0 Å². The monoisotopic (exact) mass is 480 g/mol. The Kier molecular flexibility index (Phi) is 6.58. The molecule has 34 heavy (non-hydrogen) atoms. The van der Waals surface area contributed by atoms with Crippen LogP contribution in [0.25, 0.3) is 22.6 Å². The van der Waals surface area contributed by atoms with E-state index in [2.05, 4.69) is 9.71 Å². The van der Waals surface area contributed by atoms with Crippen molar-refractivity contribution in [2.45, 2.75) is 39.8 Å². The molecule has 2 aromatic heterocycles. The lowest BCUT2D eigenvalue weighted by atomic mass is 9.93. The zero-order valence-corrected chi connectivity index (χ0v) is 20.5. The molecule has 0 atom stereocenters. The summed E-state index contributed by atoms with van der Waals surface area (Å²) in [6.07, 6.45) is 3.06. The van der Waals surface area contributed by atoms with E-state index in [1.54, 1.807) is 17.8 Å². The van der Waals surface area contributed by atoms with E-state index in [1.165, 1.54) is 6.39 Å². The molecule has 0 aliphatic heterocycles. The van der Waals surface area contributed by atoms with Gasteiger partial charge in [0.1, 0.15) is 5.75 Å². The molecular formula is C25H28N4O4S. The number of aryl methyl sites for hydroxylation is 1. The van der Waals surface area contributed by atoms with Gasteiger partial charge >= 0.3 is 0 Å². The first-order chi connectivity index (χ1) is 16.2. The smallest absolute Gasteiger partial charge is 0.218 e. The standard InChI is InChI=1S/C25H28N4O4S/c1-5-29-24(33-21-12-10-18(11-13-21)23-16-26-17-32-23)15-22(27-29)19-8-7-9-20(14-19)25(3,4)28-34(30,31)6-2/h7-17,28H,5-6H2,1-4H3. The number of rotatable bonds is 9. The average molecular weight is 481 g/mol. The first kappa shape index (κ1) is 23.7. The van der Waals surface area contributed by atoms with Crippen molar-refractivity contribution in [2.24, 2.45) is 0 Å². The van der Waals surface area contributed by atoms with E-state index in [0.29, 0.717) is 23.9 Å². The van der Waals surface area contributed by atoms with E-state index >= 15 is 0 Å². The normalized spacial score (nSPS) is 12.1. The fourth-order valence-electron chi connectivity index (χ4n) is 3.60. The molecule has 0 aliphatic carbocycles. The summed E-state index contributed by atoms with van der Waals surface area (Å²) >= 11 is 0. The Labute approximate surface area is 199 Å². The number of benzene rings is 2. The Hall–Kier alpha value is -3.43. The van der Waals surface area contributed by atoms with Gasteiger partial charge in [-0.3, -0.25) is 0 Å². The van der Waals surface area contributed by atoms with Gasteiger partial charge in [0, 0.05) is 23.7 Å². The third-order valence-electron chi connectivity index (χ3n) is 5.51. The Morgan fingerprint density at radius 3 is 2.47 bits per heavy atom. The molecule has 2 aromatic carbocycles. The summed E-state index contributed by atoms with van der Waals surface area (Å²) in [5.41, 5.74) is 2.61. The molecule has 0 radical (unpaired) electrons. The Morgan fingerprint density at radius 1 is 1.06 bits per heavy atom. The summed E-state index contributed by atoms with van der Waals surface area (Å²) in [7, 11) is -3.36. The third-order valence-corrected chi connectivity index (χ3v) is 7.09. The highest BCUT2D eigenvalue weighted by atomic mass is 32.2. The maximum Gasteiger partial charge on any atom is 0.218 e. The van der Waals surface area contributed by atoms with E-state index in [-0.39, 0.29) is 5.75 Å². The summed E-state index contributed by atoms with van der Waals surface area (Å²) in [6.45, 7) is 7.94. The van der Waals surface area contributed by atoms with Crippen LogP contribution in [0.2, 0.25) is 0 Å². The minimum atomic E-state index is -3.36. The summed E-state index contributed by atoms with van der Waals surface area (Å²) in [5.74, 6) is 2.00. The maximum absolute atomic E-state index is 12.1. The minimum absolute atomic E-state index is 0.0249. The van der Waals surface area contributed by atoms with Crippen molar-refractivity contribution in [3.05, 3.63) is 72.8 Å². The van der Waals surface area contributed by atoms with Crippen LogP contribution in [0, 0.1) is 0 Å². The molecule has 0 spiro atoms. The Morgan fingerprint density at radius 2 is 1.82 bits per heavy atom. The second kappa shape index (κ2) is 9.44. The van der Waals surface area contributed by atoms with Gasteiger partial charge in [-0.15, -0.1) is 0 Å². The number of nitrogens with zero attached hydrogens (tertiary/aromatic N) is 3. The number of sulfonamides is 1. The second-order valence-corrected chi connectivity index (χ2v) is 10.4. The summed E-state index contributed by atoms with van der Waals surface area (Å²) in [4.78, 5) is 3.94. The number of nitrogens with one attached hydrogen (secondary N) is 1. The van der Waals surface area contributed by atoms with Crippen molar-refractivity contribution in [3.8, 4) is 34.2 Å². The first-order valence-electron chi connectivity index (χ1n) is 11.1. The van der Waals surface area contributed by atoms with E-state index < -0.39 is 15.6 Å². The second-order valence-electron chi connectivity index (χ2n) is 8.39. The van der Waals surface area contributed by atoms with Crippen molar-refractivity contribution in [1.82, 2.24) is 19.5 Å². The summed E-state index contributed by atoms with van der Waals surface area (Å²) < 4.78 is 40.3. The van der Waals surface area contributed by atoms with Crippen molar-refractivity contribution >= 4 is 10.0 Å². The SMILES string of the molecule is CCn1nc(-c2cccc(C(C)(C)NS(=O)(=O)CC)c2)cc1Oc1ccc(-c2cnco2)cc1. The summed E-state index contributed by atoms with van der Waals surface area (Å²) in [5, 5.41) is 4.70. The molecular weight excluding hydrogens is 452 g/mol. The molecule has 1 N–H and O–H groups in total. The molecule has 0 unspecified atom stereocenters. The Bertz CT molecular complexity index is 1360. The van der Waals surface area contributed by atoms with Gasteiger partial charge in [0.2, 0.25) is 15.9 Å². The lowest BCUT2D eigenvalue weighted by Gasteiger charge is -2.26. The lowest BCUT2D eigenvalue weighted by Crippen LogP contribution is -2.41. The fraction of sp³-hybridized carbons (Fsp3) is 0.280. The molecule has 8 nitrogen and oxygen atoms in total. The van der Waals surface area contributed by atoms with E-state index in [0.717, 1.165) is 22.4 Å².